The number of amides is 1. The normalized spacial score (nSPS) is 21.6. The molecule has 0 saturated carbocycles. The van der Waals surface area contributed by atoms with Crippen molar-refractivity contribution in [3.05, 3.63) is 53.5 Å². The van der Waals surface area contributed by atoms with Crippen LogP contribution in [0.1, 0.15) is 32.6 Å². The minimum absolute atomic E-state index is 0.0112. The van der Waals surface area contributed by atoms with Gasteiger partial charge in [0.25, 0.3) is 0 Å². The molecule has 0 radical (unpaired) electrons. The third kappa shape index (κ3) is 7.86. The molecule has 4 saturated heterocycles. The number of alkyl halides is 1. The first kappa shape index (κ1) is 37.1. The van der Waals surface area contributed by atoms with Crippen LogP contribution in [-0.2, 0) is 4.79 Å². The smallest absolute Gasteiger partial charge is 0.318 e. The van der Waals surface area contributed by atoms with Gasteiger partial charge in [-0.25, -0.2) is 13.8 Å². The molecule has 8 rings (SSSR count). The predicted octanol–water partition coefficient (Wildman–Crippen LogP) is 5.25. The number of benzene rings is 1. The fourth-order valence-electron chi connectivity index (χ4n) is 7.22. The number of pyridine rings is 2. The largest absolute Gasteiger partial charge is 0.467 e. The molecule has 3 atom stereocenters. The lowest BCUT2D eigenvalue weighted by Crippen LogP contribution is -2.49. The number of nitrogens with two attached hydrogens (primary N) is 1. The summed E-state index contributed by atoms with van der Waals surface area (Å²) in [5, 5.41) is 9.42. The Balaban J connectivity index is 0.000000328. The number of ether oxygens (including phenoxy) is 1. The van der Waals surface area contributed by atoms with Crippen LogP contribution in [0.3, 0.4) is 0 Å². The third-order valence-electron chi connectivity index (χ3n) is 10.0. The van der Waals surface area contributed by atoms with E-state index in [4.69, 9.17) is 27.3 Å². The zero-order chi connectivity index (χ0) is 36.9. The molecule has 52 heavy (non-hydrogen) atoms. The first-order valence-electron chi connectivity index (χ1n) is 17.5. The molecule has 4 aromatic rings. The van der Waals surface area contributed by atoms with E-state index in [-0.39, 0.29) is 34.6 Å². The number of carbonyl (C=O) groups excluding carboxylic acids is 1. The molecular formula is C37H43ClF2N10O2. The maximum Gasteiger partial charge on any atom is 0.318 e. The number of methoxy groups -OCH3 is 1. The van der Waals surface area contributed by atoms with Crippen LogP contribution in [0.2, 0.25) is 5.02 Å². The highest BCUT2D eigenvalue weighted by Crippen LogP contribution is 2.37. The number of rotatable bonds is 5. The molecule has 4 aliphatic heterocycles. The highest BCUT2D eigenvalue weighted by atomic mass is 35.5. The Morgan fingerprint density at radius 2 is 1.88 bits per heavy atom. The number of likely N-dealkylation sites (tertiary alicyclic amines) is 1. The Morgan fingerprint density at radius 3 is 2.56 bits per heavy atom. The summed E-state index contributed by atoms with van der Waals surface area (Å²) in [6.07, 6.45) is 9.05. The number of nitrogen functional groups attached to an aromatic ring is 1. The number of halogens is 3. The van der Waals surface area contributed by atoms with Crippen LogP contribution in [0.5, 0.6) is 6.01 Å². The van der Waals surface area contributed by atoms with Gasteiger partial charge >= 0.3 is 6.01 Å². The number of anilines is 2. The second-order valence-corrected chi connectivity index (χ2v) is 13.7. The van der Waals surface area contributed by atoms with E-state index in [0.29, 0.717) is 66.4 Å². The summed E-state index contributed by atoms with van der Waals surface area (Å²) < 4.78 is 34.1. The standard InChI is InChI=1S/C28H28ClFN8O2.C7H12FN.C2H3N/c1-36-9-8-17(36)6-7-21(39)37-10-12-38(13-11-37)27-18-15-32-26(23(30)24(18)34-28(35-27)40-2)25-22-16(14-20(31)33-25)4-3-5-19(22)29;8-6-4-7-2-1-3-9(7)5-6;1-2-3/h3-7,14-15,17H,8-13H2,1-2H3,(H2,31,33);6-7H,1-5H2;1H3/b7-6+;;. The molecule has 1 amide bonds. The molecule has 0 spiro atoms. The van der Waals surface area contributed by atoms with Crippen molar-refractivity contribution in [1.82, 2.24) is 34.6 Å². The van der Waals surface area contributed by atoms with Gasteiger partial charge < -0.3 is 20.3 Å². The Labute approximate surface area is 306 Å². The second kappa shape index (κ2) is 16.3. The van der Waals surface area contributed by atoms with Crippen molar-refractivity contribution in [2.45, 2.75) is 50.9 Å². The van der Waals surface area contributed by atoms with E-state index >= 15 is 4.39 Å². The van der Waals surface area contributed by atoms with E-state index in [1.165, 1.54) is 33.1 Å². The highest BCUT2D eigenvalue weighted by Gasteiger charge is 2.35. The van der Waals surface area contributed by atoms with Crippen LogP contribution in [0, 0.1) is 17.1 Å². The zero-order valence-corrected chi connectivity index (χ0v) is 30.4. The number of nitrogens with zero attached hydrogens (tertiary/aromatic N) is 9. The quantitative estimate of drug-likeness (QED) is 0.269. The lowest BCUT2D eigenvalue weighted by atomic mass is 10.0. The van der Waals surface area contributed by atoms with E-state index in [1.807, 2.05) is 29.0 Å². The van der Waals surface area contributed by atoms with Gasteiger partial charge in [0.05, 0.1) is 23.6 Å². The molecule has 0 bridgehead atoms. The third-order valence-corrected chi connectivity index (χ3v) is 10.3. The van der Waals surface area contributed by atoms with Crippen molar-refractivity contribution < 1.29 is 18.3 Å². The minimum Gasteiger partial charge on any atom is -0.467 e. The Bertz CT molecular complexity index is 1990. The average molecular weight is 733 g/mol. The van der Waals surface area contributed by atoms with Gasteiger partial charge in [-0.1, -0.05) is 29.8 Å². The van der Waals surface area contributed by atoms with Gasteiger partial charge in [0.15, 0.2) is 5.82 Å². The number of hydrogen-bond donors (Lipinski definition) is 1. The van der Waals surface area contributed by atoms with E-state index in [0.717, 1.165) is 31.3 Å². The molecule has 3 aromatic heterocycles. The molecule has 0 aliphatic carbocycles. The molecular weight excluding hydrogens is 690 g/mol. The van der Waals surface area contributed by atoms with Gasteiger partial charge in [-0.15, -0.1) is 0 Å². The molecule has 7 heterocycles. The molecule has 1 aromatic carbocycles. The molecule has 4 fully saturated rings. The number of likely N-dealkylation sites (N-methyl/N-ethyl adjacent to an activating group) is 1. The van der Waals surface area contributed by atoms with E-state index in [2.05, 4.69) is 29.7 Å². The van der Waals surface area contributed by atoms with Crippen LogP contribution in [0.15, 0.2) is 42.6 Å². The van der Waals surface area contributed by atoms with Gasteiger partial charge in [0.1, 0.15) is 34.7 Å². The van der Waals surface area contributed by atoms with Gasteiger partial charge in [-0.05, 0) is 56.8 Å². The molecule has 12 nitrogen and oxygen atoms in total. The maximum atomic E-state index is 16.2. The van der Waals surface area contributed by atoms with Gasteiger partial charge in [0, 0.05) is 75.9 Å². The summed E-state index contributed by atoms with van der Waals surface area (Å²) in [6, 6.07) is 9.72. The van der Waals surface area contributed by atoms with Crippen molar-refractivity contribution in [1.29, 1.82) is 5.26 Å². The fourth-order valence-corrected chi connectivity index (χ4v) is 7.49. The lowest BCUT2D eigenvalue weighted by Gasteiger charge is -2.36. The second-order valence-electron chi connectivity index (χ2n) is 13.3. The summed E-state index contributed by atoms with van der Waals surface area (Å²) in [5.41, 5.74) is 6.28. The van der Waals surface area contributed by atoms with Crippen LogP contribution in [0.4, 0.5) is 20.4 Å². The van der Waals surface area contributed by atoms with Crippen molar-refractivity contribution in [3.63, 3.8) is 0 Å². The maximum absolute atomic E-state index is 16.2. The van der Waals surface area contributed by atoms with Crippen LogP contribution < -0.4 is 15.4 Å². The number of fused-ring (bicyclic) bond motifs is 3. The molecule has 2 N–H and O–H groups in total. The Kier molecular flexibility index (Phi) is 11.6. The van der Waals surface area contributed by atoms with Crippen LogP contribution >= 0.6 is 11.6 Å². The van der Waals surface area contributed by atoms with Crippen LogP contribution in [0.25, 0.3) is 33.1 Å². The van der Waals surface area contributed by atoms with Gasteiger partial charge in [-0.3, -0.25) is 19.6 Å². The van der Waals surface area contributed by atoms with E-state index < -0.39 is 12.0 Å². The van der Waals surface area contributed by atoms with Crippen molar-refractivity contribution in [2.24, 2.45) is 0 Å². The predicted molar refractivity (Wildman–Crippen MR) is 198 cm³/mol. The topological polar surface area (TPSA) is 141 Å². The molecule has 4 aliphatic rings. The zero-order valence-electron chi connectivity index (χ0n) is 29.6. The average Bonchev–Trinajstić information content (AvgIpc) is 3.72. The van der Waals surface area contributed by atoms with E-state index in [9.17, 15) is 9.18 Å². The highest BCUT2D eigenvalue weighted by molar-refractivity contribution is 6.36. The fraction of sp³-hybridized carbons (Fsp3) is 0.459. The number of nitriles is 1. The van der Waals surface area contributed by atoms with Gasteiger partial charge in [0.2, 0.25) is 5.91 Å². The number of piperazine rings is 1. The molecule has 15 heteroatoms. The lowest BCUT2D eigenvalue weighted by molar-refractivity contribution is -0.126. The summed E-state index contributed by atoms with van der Waals surface area (Å²) in [7, 11) is 3.48. The first-order chi connectivity index (χ1) is 25.1. The summed E-state index contributed by atoms with van der Waals surface area (Å²) >= 11 is 6.48. The summed E-state index contributed by atoms with van der Waals surface area (Å²) in [6.45, 7) is 6.37. The Morgan fingerprint density at radius 1 is 1.12 bits per heavy atom. The monoisotopic (exact) mass is 732 g/mol. The van der Waals surface area contributed by atoms with Gasteiger partial charge in [-0.2, -0.15) is 15.2 Å². The SMILES string of the molecule is CC#N.COc1nc(N2CCN(C(=O)/C=C/C3CCN3C)CC2)c2cnc(-c3nc(N)cc4cccc(Cl)c34)c(F)c2n1.FC1CC2CCCN2C1. The summed E-state index contributed by atoms with van der Waals surface area (Å²) in [4.78, 5) is 38.7. The number of aromatic nitrogens is 4. The minimum atomic E-state index is -0.682. The number of hydrogen-bond acceptors (Lipinski definition) is 11. The summed E-state index contributed by atoms with van der Waals surface area (Å²) in [5.74, 6) is 0.0117. The Hall–Kier alpha value is -4.71. The van der Waals surface area contributed by atoms with E-state index in [1.54, 1.807) is 30.3 Å². The number of carbonyl (C=O) groups is 1. The first-order valence-corrected chi connectivity index (χ1v) is 17.9. The molecule has 274 valence electrons. The van der Waals surface area contributed by atoms with Crippen molar-refractivity contribution in [3.8, 4) is 23.5 Å². The van der Waals surface area contributed by atoms with Crippen LogP contribution in [-0.4, -0.2) is 119 Å². The molecule has 3 unspecified atom stereocenters. The van der Waals surface area contributed by atoms with Crippen molar-refractivity contribution >= 4 is 50.8 Å². The van der Waals surface area contributed by atoms with Crippen molar-refractivity contribution in [2.75, 3.05) is 70.6 Å².